The van der Waals surface area contributed by atoms with Gasteiger partial charge in [-0.3, -0.25) is 0 Å². The minimum absolute atomic E-state index is 0.502. The highest BCUT2D eigenvalue weighted by Crippen LogP contribution is 2.28. The molecule has 6 heteroatoms. The largest absolute Gasteiger partial charge is 0.493 e. The van der Waals surface area contributed by atoms with Gasteiger partial charge < -0.3 is 9.47 Å². The summed E-state index contributed by atoms with van der Waals surface area (Å²) in [6.07, 6.45) is 1.74. The quantitative estimate of drug-likeness (QED) is 0.298. The minimum atomic E-state index is 0.502. The van der Waals surface area contributed by atoms with Crippen molar-refractivity contribution in [1.82, 2.24) is 9.97 Å². The van der Waals surface area contributed by atoms with Crippen molar-refractivity contribution in [2.75, 3.05) is 26.3 Å². The van der Waals surface area contributed by atoms with E-state index in [2.05, 4.69) is 5.10 Å². The highest BCUT2D eigenvalue weighted by molar-refractivity contribution is 5.81. The van der Waals surface area contributed by atoms with E-state index < -0.39 is 0 Å². The monoisotopic (exact) mass is 424 g/mol. The van der Waals surface area contributed by atoms with Gasteiger partial charge in [0.05, 0.1) is 31.8 Å². The third-order valence-corrected chi connectivity index (χ3v) is 4.93. The van der Waals surface area contributed by atoms with E-state index in [1.54, 1.807) is 25.4 Å². The van der Waals surface area contributed by atoms with Crippen LogP contribution < -0.4 is 14.5 Å². The zero-order chi connectivity index (χ0) is 22.3. The first-order valence-electron chi connectivity index (χ1n) is 10.2. The van der Waals surface area contributed by atoms with Crippen LogP contribution in [-0.2, 0) is 0 Å². The molecule has 0 aliphatic carbocycles. The molecule has 1 aromatic heterocycles. The summed E-state index contributed by atoms with van der Waals surface area (Å²) < 4.78 is 10.7. The van der Waals surface area contributed by atoms with Crippen LogP contribution in [0, 0.1) is 0 Å². The molecule has 1 heterocycles. The molecule has 0 saturated carbocycles. The Morgan fingerprint density at radius 2 is 1.28 bits per heavy atom. The Morgan fingerprint density at radius 3 is 1.81 bits per heavy atom. The number of ether oxygens (including phenoxy) is 2. The number of anilines is 1. The molecule has 0 saturated heterocycles. The number of hydrazone groups is 1. The topological polar surface area (TPSA) is 59.8 Å². The second kappa shape index (κ2) is 9.75. The molecule has 32 heavy (non-hydrogen) atoms. The highest BCUT2D eigenvalue weighted by atomic mass is 16.5. The molecule has 0 N–H and O–H groups in total. The van der Waals surface area contributed by atoms with E-state index in [1.165, 1.54) is 0 Å². The number of aromatic nitrogens is 2. The first-order chi connectivity index (χ1) is 15.7. The fraction of sp³-hybridized carbons (Fsp3) is 0.115. The lowest BCUT2D eigenvalue weighted by Crippen LogP contribution is -2.13. The molecule has 0 aliphatic heterocycles. The number of methoxy groups -OCH3 is 2. The molecule has 4 rings (SSSR count). The van der Waals surface area contributed by atoms with Crippen molar-refractivity contribution in [1.29, 1.82) is 0 Å². The lowest BCUT2D eigenvalue weighted by molar-refractivity contribution is 0.355. The zero-order valence-electron chi connectivity index (χ0n) is 18.3. The molecule has 0 amide bonds. The number of hydrogen-bond acceptors (Lipinski definition) is 6. The zero-order valence-corrected chi connectivity index (χ0v) is 18.3. The van der Waals surface area contributed by atoms with Crippen molar-refractivity contribution in [3.63, 3.8) is 0 Å². The molecule has 0 unspecified atom stereocenters. The maximum Gasteiger partial charge on any atom is 0.247 e. The second-order valence-electron chi connectivity index (χ2n) is 7.05. The van der Waals surface area contributed by atoms with Gasteiger partial charge in [-0.1, -0.05) is 60.7 Å². The van der Waals surface area contributed by atoms with E-state index in [0.717, 1.165) is 28.1 Å². The molecule has 0 bridgehead atoms. The number of rotatable bonds is 7. The van der Waals surface area contributed by atoms with Gasteiger partial charge in [0.2, 0.25) is 5.95 Å². The molecule has 0 fully saturated rings. The third-order valence-electron chi connectivity index (χ3n) is 4.93. The van der Waals surface area contributed by atoms with Gasteiger partial charge in [0, 0.05) is 18.2 Å². The predicted octanol–water partition coefficient (Wildman–Crippen LogP) is 5.30. The summed E-state index contributed by atoms with van der Waals surface area (Å²) in [5.74, 6) is 1.82. The Labute approximate surface area is 187 Å². The maximum absolute atomic E-state index is 5.37. The van der Waals surface area contributed by atoms with Crippen LogP contribution in [0.15, 0.2) is 90.0 Å². The molecule has 0 aliphatic rings. The average molecular weight is 425 g/mol. The van der Waals surface area contributed by atoms with E-state index in [0.29, 0.717) is 17.4 Å². The molecule has 3 aromatic carbocycles. The Bertz CT molecular complexity index is 1150. The van der Waals surface area contributed by atoms with Gasteiger partial charge in [-0.2, -0.15) is 5.10 Å². The first kappa shape index (κ1) is 21.1. The summed E-state index contributed by atoms with van der Waals surface area (Å²) in [5, 5.41) is 6.21. The van der Waals surface area contributed by atoms with Crippen LogP contribution >= 0.6 is 0 Å². The number of benzene rings is 3. The lowest BCUT2D eigenvalue weighted by atomic mass is 10.1. The lowest BCUT2D eigenvalue weighted by Gasteiger charge is -2.14. The summed E-state index contributed by atoms with van der Waals surface area (Å²) >= 11 is 0. The van der Waals surface area contributed by atoms with Crippen LogP contribution in [0.25, 0.3) is 22.5 Å². The van der Waals surface area contributed by atoms with Crippen molar-refractivity contribution >= 4 is 12.2 Å². The normalized spacial score (nSPS) is 10.8. The Morgan fingerprint density at radius 1 is 0.719 bits per heavy atom. The van der Waals surface area contributed by atoms with Crippen LogP contribution in [0.5, 0.6) is 11.5 Å². The fourth-order valence-electron chi connectivity index (χ4n) is 3.23. The minimum Gasteiger partial charge on any atom is -0.493 e. The maximum atomic E-state index is 5.37. The van der Waals surface area contributed by atoms with Gasteiger partial charge in [-0.25, -0.2) is 15.0 Å². The molecular weight excluding hydrogens is 400 g/mol. The van der Waals surface area contributed by atoms with E-state index in [9.17, 15) is 0 Å². The van der Waals surface area contributed by atoms with Crippen molar-refractivity contribution in [2.24, 2.45) is 5.10 Å². The van der Waals surface area contributed by atoms with Crippen molar-refractivity contribution in [3.05, 3.63) is 90.5 Å². The van der Waals surface area contributed by atoms with E-state index in [1.807, 2.05) is 92.0 Å². The van der Waals surface area contributed by atoms with Crippen LogP contribution in [0.4, 0.5) is 5.95 Å². The van der Waals surface area contributed by atoms with Crippen LogP contribution in [-0.4, -0.2) is 37.4 Å². The van der Waals surface area contributed by atoms with Gasteiger partial charge in [-0.05, 0) is 29.8 Å². The summed E-state index contributed by atoms with van der Waals surface area (Å²) in [4.78, 5) is 9.52. The Balaban J connectivity index is 1.69. The van der Waals surface area contributed by atoms with Gasteiger partial charge in [-0.15, -0.1) is 0 Å². The number of nitrogens with zero attached hydrogens (tertiary/aromatic N) is 4. The van der Waals surface area contributed by atoms with Crippen molar-refractivity contribution in [2.45, 2.75) is 0 Å². The standard InChI is InChI=1S/C26H24N4O2/c1-30(27-18-19-14-15-24(31-2)25(16-19)32-3)26-28-22(20-10-6-4-7-11-20)17-23(29-26)21-12-8-5-9-13-21/h4-18H,1-3H3. The molecule has 160 valence electrons. The summed E-state index contributed by atoms with van der Waals surface area (Å²) in [7, 11) is 5.05. The van der Waals surface area contributed by atoms with Gasteiger partial charge >= 0.3 is 0 Å². The Kier molecular flexibility index (Phi) is 6.41. The first-order valence-corrected chi connectivity index (χ1v) is 10.2. The molecule has 0 radical (unpaired) electrons. The third kappa shape index (κ3) is 4.75. The van der Waals surface area contributed by atoms with Crippen LogP contribution in [0.3, 0.4) is 0 Å². The van der Waals surface area contributed by atoms with Crippen molar-refractivity contribution in [3.8, 4) is 34.0 Å². The second-order valence-corrected chi connectivity index (χ2v) is 7.05. The summed E-state index contributed by atoms with van der Waals surface area (Å²) in [6, 6.07) is 27.7. The van der Waals surface area contributed by atoms with E-state index in [4.69, 9.17) is 19.4 Å². The average Bonchev–Trinajstić information content (AvgIpc) is 2.87. The van der Waals surface area contributed by atoms with Crippen LogP contribution in [0.1, 0.15) is 5.56 Å². The fourth-order valence-corrected chi connectivity index (χ4v) is 3.23. The smallest absolute Gasteiger partial charge is 0.247 e. The molecular formula is C26H24N4O2. The molecule has 4 aromatic rings. The predicted molar refractivity (Wildman–Crippen MR) is 128 cm³/mol. The molecule has 0 spiro atoms. The van der Waals surface area contributed by atoms with Crippen LogP contribution in [0.2, 0.25) is 0 Å². The summed E-state index contributed by atoms with van der Waals surface area (Å²) in [6.45, 7) is 0. The highest BCUT2D eigenvalue weighted by Gasteiger charge is 2.11. The molecule has 0 atom stereocenters. The van der Waals surface area contributed by atoms with E-state index >= 15 is 0 Å². The van der Waals surface area contributed by atoms with Gasteiger partial charge in [0.25, 0.3) is 0 Å². The van der Waals surface area contributed by atoms with E-state index in [-0.39, 0.29) is 0 Å². The number of hydrogen-bond donors (Lipinski definition) is 0. The van der Waals surface area contributed by atoms with Crippen molar-refractivity contribution < 1.29 is 9.47 Å². The SMILES string of the molecule is COc1ccc(C=NN(C)c2nc(-c3ccccc3)cc(-c3ccccc3)n2)cc1OC. The molecule has 6 nitrogen and oxygen atoms in total. The van der Waals surface area contributed by atoms with Gasteiger partial charge in [0.1, 0.15) is 0 Å². The summed E-state index contributed by atoms with van der Waals surface area (Å²) in [5.41, 5.74) is 4.58. The van der Waals surface area contributed by atoms with Gasteiger partial charge in [0.15, 0.2) is 11.5 Å². The Hall–Kier alpha value is -4.19.